The number of pyridine rings is 1. The third kappa shape index (κ3) is 3.39. The summed E-state index contributed by atoms with van der Waals surface area (Å²) in [5.41, 5.74) is 0.799. The molecule has 0 fully saturated rings. The summed E-state index contributed by atoms with van der Waals surface area (Å²) in [6.07, 6.45) is 1.08. The van der Waals surface area contributed by atoms with Crippen LogP contribution in [0.15, 0.2) is 46.5 Å². The Labute approximate surface area is 120 Å². The van der Waals surface area contributed by atoms with Gasteiger partial charge in [0.25, 0.3) is 0 Å². The van der Waals surface area contributed by atoms with Gasteiger partial charge in [0.15, 0.2) is 0 Å². The van der Waals surface area contributed by atoms with Gasteiger partial charge in [0.2, 0.25) is 0 Å². The predicted octanol–water partition coefficient (Wildman–Crippen LogP) is 4.59. The Morgan fingerprint density at radius 3 is 2.56 bits per heavy atom. The van der Waals surface area contributed by atoms with Crippen molar-refractivity contribution in [1.82, 2.24) is 4.98 Å². The number of benzene rings is 1. The van der Waals surface area contributed by atoms with Gasteiger partial charge in [-0.2, -0.15) is 0 Å². The van der Waals surface area contributed by atoms with E-state index in [4.69, 9.17) is 23.2 Å². The third-order valence-corrected chi connectivity index (χ3v) is 4.03. The van der Waals surface area contributed by atoms with Gasteiger partial charge in [-0.1, -0.05) is 41.0 Å². The number of aliphatic hydroxyl groups is 1. The van der Waals surface area contributed by atoms with E-state index in [1.165, 1.54) is 11.8 Å². The number of aromatic nitrogens is 1. The molecule has 0 amide bonds. The number of nitrogens with zero attached hydrogens (tertiary/aromatic N) is 1. The van der Waals surface area contributed by atoms with E-state index in [9.17, 15) is 5.11 Å². The lowest BCUT2D eigenvalue weighted by Crippen LogP contribution is -1.91. The lowest BCUT2D eigenvalue weighted by Gasteiger charge is -2.08. The minimum Gasteiger partial charge on any atom is -0.389 e. The van der Waals surface area contributed by atoms with Gasteiger partial charge >= 0.3 is 0 Å². The molecule has 0 bridgehead atoms. The van der Waals surface area contributed by atoms with Crippen molar-refractivity contribution < 1.29 is 5.11 Å². The summed E-state index contributed by atoms with van der Waals surface area (Å²) in [4.78, 5) is 5.09. The van der Waals surface area contributed by atoms with E-state index in [0.717, 1.165) is 15.5 Å². The van der Waals surface area contributed by atoms with Gasteiger partial charge in [-0.15, -0.1) is 0 Å². The number of hydrogen-bond donors (Lipinski definition) is 1. The Kier molecular flexibility index (Phi) is 4.51. The van der Waals surface area contributed by atoms with Crippen LogP contribution in [0.25, 0.3) is 0 Å². The molecule has 1 aromatic heterocycles. The van der Waals surface area contributed by atoms with Crippen LogP contribution < -0.4 is 0 Å². The molecule has 1 N–H and O–H groups in total. The van der Waals surface area contributed by atoms with Crippen LogP contribution in [0.2, 0.25) is 10.0 Å². The fraction of sp³-hybridized carbons (Fsp3) is 0.154. The van der Waals surface area contributed by atoms with Crippen molar-refractivity contribution >= 4 is 35.0 Å². The molecule has 1 unspecified atom stereocenters. The van der Waals surface area contributed by atoms with Gasteiger partial charge in [0, 0.05) is 11.1 Å². The second kappa shape index (κ2) is 5.93. The molecular formula is C13H11Cl2NOS. The molecule has 2 nitrogen and oxygen atoms in total. The normalized spacial score (nSPS) is 12.4. The van der Waals surface area contributed by atoms with Crippen molar-refractivity contribution in [1.29, 1.82) is 0 Å². The Morgan fingerprint density at radius 2 is 2.00 bits per heavy atom. The average molecular weight is 300 g/mol. The quantitative estimate of drug-likeness (QED) is 0.899. The first kappa shape index (κ1) is 13.7. The molecule has 0 aliphatic carbocycles. The molecule has 18 heavy (non-hydrogen) atoms. The molecule has 0 radical (unpaired) electrons. The van der Waals surface area contributed by atoms with Crippen LogP contribution in [-0.2, 0) is 0 Å². The van der Waals surface area contributed by atoms with Crippen molar-refractivity contribution in [3.8, 4) is 0 Å². The third-order valence-electron chi connectivity index (χ3n) is 2.35. The SMILES string of the molecule is CC(O)c1ccc(Sc2ccc(Cl)cn2)c(Cl)c1. The summed E-state index contributed by atoms with van der Waals surface area (Å²) in [5, 5.41) is 11.5. The lowest BCUT2D eigenvalue weighted by atomic mass is 10.1. The van der Waals surface area contributed by atoms with Crippen LogP contribution in [-0.4, -0.2) is 10.1 Å². The number of aliphatic hydroxyl groups excluding tert-OH is 1. The highest BCUT2D eigenvalue weighted by molar-refractivity contribution is 7.99. The van der Waals surface area contributed by atoms with Gasteiger partial charge in [-0.05, 0) is 36.8 Å². The van der Waals surface area contributed by atoms with Crippen LogP contribution in [0, 0.1) is 0 Å². The van der Waals surface area contributed by atoms with E-state index in [1.807, 2.05) is 18.2 Å². The Hall–Kier alpha value is -0.740. The van der Waals surface area contributed by atoms with Crippen molar-refractivity contribution in [2.24, 2.45) is 0 Å². The second-order valence-electron chi connectivity index (χ2n) is 3.78. The molecular weight excluding hydrogens is 289 g/mol. The monoisotopic (exact) mass is 299 g/mol. The molecule has 94 valence electrons. The van der Waals surface area contributed by atoms with Crippen LogP contribution in [0.3, 0.4) is 0 Å². The Balaban J connectivity index is 2.22. The number of halogens is 2. The van der Waals surface area contributed by atoms with E-state index >= 15 is 0 Å². The van der Waals surface area contributed by atoms with Crippen LogP contribution in [0.1, 0.15) is 18.6 Å². The molecule has 2 rings (SSSR count). The molecule has 5 heteroatoms. The first-order valence-electron chi connectivity index (χ1n) is 5.33. The lowest BCUT2D eigenvalue weighted by molar-refractivity contribution is 0.199. The first-order valence-corrected chi connectivity index (χ1v) is 6.90. The largest absolute Gasteiger partial charge is 0.389 e. The summed E-state index contributed by atoms with van der Waals surface area (Å²) < 4.78 is 0. The maximum absolute atomic E-state index is 9.47. The van der Waals surface area contributed by atoms with Gasteiger partial charge < -0.3 is 5.11 Å². The molecule has 1 atom stereocenters. The first-order chi connectivity index (χ1) is 8.56. The van der Waals surface area contributed by atoms with Gasteiger partial charge in [0.1, 0.15) is 5.03 Å². The Morgan fingerprint density at radius 1 is 1.22 bits per heavy atom. The summed E-state index contributed by atoms with van der Waals surface area (Å²) >= 11 is 13.4. The molecule has 1 heterocycles. The van der Waals surface area contributed by atoms with Crippen molar-refractivity contribution in [3.63, 3.8) is 0 Å². The zero-order chi connectivity index (χ0) is 13.1. The number of rotatable bonds is 3. The minimum atomic E-state index is -0.518. The van der Waals surface area contributed by atoms with Crippen LogP contribution in [0.5, 0.6) is 0 Å². The fourth-order valence-electron chi connectivity index (χ4n) is 1.40. The highest BCUT2D eigenvalue weighted by atomic mass is 35.5. The van der Waals surface area contributed by atoms with Crippen LogP contribution in [0.4, 0.5) is 0 Å². The van der Waals surface area contributed by atoms with Crippen LogP contribution >= 0.6 is 35.0 Å². The predicted molar refractivity (Wildman–Crippen MR) is 75.5 cm³/mol. The van der Waals surface area contributed by atoms with E-state index in [1.54, 1.807) is 25.3 Å². The van der Waals surface area contributed by atoms with Crippen molar-refractivity contribution in [3.05, 3.63) is 52.1 Å². The van der Waals surface area contributed by atoms with Crippen molar-refractivity contribution in [2.75, 3.05) is 0 Å². The minimum absolute atomic E-state index is 0.518. The summed E-state index contributed by atoms with van der Waals surface area (Å²) in [7, 11) is 0. The van der Waals surface area contributed by atoms with E-state index in [-0.39, 0.29) is 0 Å². The van der Waals surface area contributed by atoms with Gasteiger partial charge in [-0.3, -0.25) is 0 Å². The molecule has 1 aromatic carbocycles. The molecule has 0 saturated heterocycles. The number of hydrogen-bond acceptors (Lipinski definition) is 3. The van der Waals surface area contributed by atoms with E-state index in [2.05, 4.69) is 4.98 Å². The molecule has 0 spiro atoms. The maximum atomic E-state index is 9.47. The summed E-state index contributed by atoms with van der Waals surface area (Å²) in [5.74, 6) is 0. The molecule has 0 aliphatic rings. The molecule has 2 aromatic rings. The van der Waals surface area contributed by atoms with E-state index in [0.29, 0.717) is 10.0 Å². The van der Waals surface area contributed by atoms with Gasteiger partial charge in [-0.25, -0.2) is 4.98 Å². The standard InChI is InChI=1S/C13H11Cl2NOS/c1-8(17)9-2-4-12(11(15)6-9)18-13-5-3-10(14)7-16-13/h2-8,17H,1H3. The van der Waals surface area contributed by atoms with Gasteiger partial charge in [0.05, 0.1) is 16.1 Å². The highest BCUT2D eigenvalue weighted by Crippen LogP contribution is 2.34. The van der Waals surface area contributed by atoms with E-state index < -0.39 is 6.10 Å². The topological polar surface area (TPSA) is 33.1 Å². The second-order valence-corrected chi connectivity index (χ2v) is 5.69. The fourth-order valence-corrected chi connectivity index (χ4v) is 2.57. The Bertz CT molecular complexity index is 543. The zero-order valence-electron chi connectivity index (χ0n) is 9.60. The zero-order valence-corrected chi connectivity index (χ0v) is 11.9. The van der Waals surface area contributed by atoms with Crippen molar-refractivity contribution in [2.45, 2.75) is 22.9 Å². The summed E-state index contributed by atoms with van der Waals surface area (Å²) in [6.45, 7) is 1.71. The smallest absolute Gasteiger partial charge is 0.101 e. The summed E-state index contributed by atoms with van der Waals surface area (Å²) in [6, 6.07) is 9.13. The average Bonchev–Trinajstić information content (AvgIpc) is 2.34. The molecule has 0 saturated carbocycles. The highest BCUT2D eigenvalue weighted by Gasteiger charge is 2.07. The maximum Gasteiger partial charge on any atom is 0.101 e. The molecule has 0 aliphatic heterocycles.